The molecule has 0 bridgehead atoms. The molecule has 1 unspecified atom stereocenters. The highest BCUT2D eigenvalue weighted by Crippen LogP contribution is 2.43. The van der Waals surface area contributed by atoms with Gasteiger partial charge in [-0.15, -0.1) is 0 Å². The molecule has 14 nitrogen and oxygen atoms in total. The number of ketones is 1. The van der Waals surface area contributed by atoms with E-state index in [0.29, 0.717) is 38.5 Å². The average Bonchev–Trinajstić information content (AvgIpc) is 3.23. The van der Waals surface area contributed by atoms with Crippen LogP contribution in [0.25, 0.3) is 0 Å². The number of rotatable bonds is 41. The smallest absolute Gasteiger partial charge is 0.462 e. The lowest BCUT2D eigenvalue weighted by molar-refractivity contribution is -0.161. The molecular formula is C46H76O14P2. The quantitative estimate of drug-likeness (QED) is 0.0112. The Morgan fingerprint density at radius 1 is 0.516 bits per heavy atom. The Morgan fingerprint density at radius 3 is 1.60 bits per heavy atom. The van der Waals surface area contributed by atoms with Crippen molar-refractivity contribution in [1.29, 1.82) is 0 Å². The molecule has 354 valence electrons. The third-order valence-electron chi connectivity index (χ3n) is 8.72. The Hall–Kier alpha value is -3.03. The number of ether oxygens (including phenoxy) is 2. The molecule has 0 radical (unpaired) electrons. The van der Waals surface area contributed by atoms with Crippen LogP contribution in [0.4, 0.5) is 0 Å². The zero-order valence-corrected chi connectivity index (χ0v) is 39.0. The number of aliphatic hydroxyl groups excluding tert-OH is 1. The molecule has 16 heteroatoms. The fraction of sp³-hybridized carbons (Fsp3) is 0.630. The minimum atomic E-state index is -4.89. The maximum atomic E-state index is 12.6. The van der Waals surface area contributed by atoms with Crippen LogP contribution in [-0.2, 0) is 46.6 Å². The van der Waals surface area contributed by atoms with Gasteiger partial charge in [-0.1, -0.05) is 138 Å². The Labute approximate surface area is 371 Å². The molecule has 0 aliphatic carbocycles. The van der Waals surface area contributed by atoms with Gasteiger partial charge in [0, 0.05) is 19.3 Å². The second-order valence-electron chi connectivity index (χ2n) is 14.6. The Kier molecular flexibility index (Phi) is 38.7. The first kappa shape index (κ1) is 59.0. The van der Waals surface area contributed by atoms with Crippen LogP contribution >= 0.6 is 15.6 Å². The van der Waals surface area contributed by atoms with Gasteiger partial charge in [0.15, 0.2) is 11.9 Å². The summed E-state index contributed by atoms with van der Waals surface area (Å²) in [7, 11) is -9.74. The molecule has 0 spiro atoms. The first-order chi connectivity index (χ1) is 29.8. The zero-order valence-electron chi connectivity index (χ0n) is 37.2. The summed E-state index contributed by atoms with van der Waals surface area (Å²) in [5.41, 5.74) is 0. The molecule has 0 aromatic rings. The van der Waals surface area contributed by atoms with Gasteiger partial charge in [0.2, 0.25) is 0 Å². The summed E-state index contributed by atoms with van der Waals surface area (Å²) >= 11 is 0. The van der Waals surface area contributed by atoms with Gasteiger partial charge in [-0.25, -0.2) is 9.13 Å². The van der Waals surface area contributed by atoms with E-state index in [2.05, 4.69) is 47.2 Å². The van der Waals surface area contributed by atoms with Gasteiger partial charge in [0.05, 0.1) is 19.8 Å². The molecule has 0 aliphatic heterocycles. The van der Waals surface area contributed by atoms with Crippen molar-refractivity contribution in [3.05, 3.63) is 85.1 Å². The summed E-state index contributed by atoms with van der Waals surface area (Å²) < 4.78 is 47.6. The lowest BCUT2D eigenvalue weighted by atomic mass is 10.1. The number of carbonyl (C=O) groups is 3. The SMILES string of the molecule is CCCCCCCC/C=C\C/C=C\C/C=C\CCCC(=O)OC[C@H](COP(=O)(O)OC[C@@H](O)COP(=O)(O)O)OC(=O)CCC/C=C\C/C=C\C/C=C\C=C\C(=O)CCCCC. The van der Waals surface area contributed by atoms with Crippen molar-refractivity contribution < 1.29 is 66.3 Å². The lowest BCUT2D eigenvalue weighted by Crippen LogP contribution is -2.29. The van der Waals surface area contributed by atoms with E-state index in [0.717, 1.165) is 44.9 Å². The van der Waals surface area contributed by atoms with E-state index in [1.165, 1.54) is 38.5 Å². The van der Waals surface area contributed by atoms with Gasteiger partial charge >= 0.3 is 27.6 Å². The highest BCUT2D eigenvalue weighted by Gasteiger charge is 2.28. The first-order valence-electron chi connectivity index (χ1n) is 22.2. The monoisotopic (exact) mass is 914 g/mol. The zero-order chi connectivity index (χ0) is 46.0. The van der Waals surface area contributed by atoms with Crippen LogP contribution in [0.15, 0.2) is 85.1 Å². The number of carbonyl (C=O) groups excluding carboxylic acids is 3. The van der Waals surface area contributed by atoms with E-state index in [-0.39, 0.29) is 18.6 Å². The average molecular weight is 915 g/mol. The number of phosphoric ester groups is 2. The van der Waals surface area contributed by atoms with E-state index < -0.39 is 66.2 Å². The Balaban J connectivity index is 4.74. The van der Waals surface area contributed by atoms with E-state index in [4.69, 9.17) is 23.8 Å². The van der Waals surface area contributed by atoms with E-state index >= 15 is 0 Å². The third-order valence-corrected chi connectivity index (χ3v) is 10.2. The van der Waals surface area contributed by atoms with E-state index in [1.54, 1.807) is 12.2 Å². The third kappa shape index (κ3) is 43.6. The highest BCUT2D eigenvalue weighted by molar-refractivity contribution is 7.47. The summed E-state index contributed by atoms with van der Waals surface area (Å²) in [6.07, 6.45) is 42.9. The van der Waals surface area contributed by atoms with Crippen LogP contribution in [0.1, 0.15) is 149 Å². The van der Waals surface area contributed by atoms with Crippen molar-refractivity contribution in [2.24, 2.45) is 0 Å². The molecule has 0 saturated heterocycles. The molecule has 0 aliphatic rings. The normalized spacial score (nSPS) is 14.7. The number of phosphoric acid groups is 2. The molecule has 62 heavy (non-hydrogen) atoms. The molecule has 0 heterocycles. The first-order valence-corrected chi connectivity index (χ1v) is 25.3. The molecule has 0 fully saturated rings. The van der Waals surface area contributed by atoms with Crippen LogP contribution in [0.5, 0.6) is 0 Å². The molecular weight excluding hydrogens is 838 g/mol. The Morgan fingerprint density at radius 2 is 1.00 bits per heavy atom. The molecule has 0 saturated carbocycles. The fourth-order valence-electron chi connectivity index (χ4n) is 5.31. The van der Waals surface area contributed by atoms with Crippen molar-refractivity contribution in [2.75, 3.05) is 26.4 Å². The number of aliphatic hydroxyl groups is 1. The summed E-state index contributed by atoms with van der Waals surface area (Å²) in [4.78, 5) is 64.4. The predicted molar refractivity (Wildman–Crippen MR) is 244 cm³/mol. The second kappa shape index (κ2) is 40.7. The van der Waals surface area contributed by atoms with Crippen LogP contribution in [-0.4, -0.2) is 76.1 Å². The minimum Gasteiger partial charge on any atom is -0.462 e. The maximum absolute atomic E-state index is 12.6. The van der Waals surface area contributed by atoms with Gasteiger partial charge in [-0.3, -0.25) is 28.0 Å². The Bertz CT molecular complexity index is 1480. The van der Waals surface area contributed by atoms with Crippen molar-refractivity contribution in [3.8, 4) is 0 Å². The van der Waals surface area contributed by atoms with Gasteiger partial charge < -0.3 is 29.3 Å². The lowest BCUT2D eigenvalue weighted by Gasteiger charge is -2.20. The van der Waals surface area contributed by atoms with Crippen LogP contribution < -0.4 is 0 Å². The number of hydrogen-bond acceptors (Lipinski definition) is 11. The molecule has 0 amide bonds. The van der Waals surface area contributed by atoms with Gasteiger partial charge in [-0.05, 0) is 76.7 Å². The van der Waals surface area contributed by atoms with Gasteiger partial charge in [-0.2, -0.15) is 0 Å². The molecule has 0 aromatic heterocycles. The molecule has 0 rings (SSSR count). The fourth-order valence-corrected chi connectivity index (χ4v) is 6.47. The van der Waals surface area contributed by atoms with Crippen molar-refractivity contribution in [1.82, 2.24) is 0 Å². The number of unbranched alkanes of at least 4 members (excludes halogenated alkanes) is 10. The minimum absolute atomic E-state index is 0.0145. The molecule has 4 N–H and O–H groups in total. The maximum Gasteiger partial charge on any atom is 0.472 e. The number of allylic oxidation sites excluding steroid dienone is 14. The van der Waals surface area contributed by atoms with Crippen molar-refractivity contribution in [3.63, 3.8) is 0 Å². The van der Waals surface area contributed by atoms with Crippen LogP contribution in [0.2, 0.25) is 0 Å². The van der Waals surface area contributed by atoms with Crippen molar-refractivity contribution >= 4 is 33.4 Å². The van der Waals surface area contributed by atoms with Gasteiger partial charge in [0.25, 0.3) is 0 Å². The second-order valence-corrected chi connectivity index (χ2v) is 17.3. The number of hydrogen-bond donors (Lipinski definition) is 4. The van der Waals surface area contributed by atoms with Gasteiger partial charge in [0.1, 0.15) is 12.7 Å². The predicted octanol–water partition coefficient (Wildman–Crippen LogP) is 10.7. The number of esters is 2. The molecule has 3 atom stereocenters. The van der Waals surface area contributed by atoms with Crippen LogP contribution in [0, 0.1) is 0 Å². The van der Waals surface area contributed by atoms with Crippen molar-refractivity contribution in [2.45, 2.75) is 161 Å². The van der Waals surface area contributed by atoms with Crippen LogP contribution in [0.3, 0.4) is 0 Å². The molecule has 0 aromatic carbocycles. The summed E-state index contributed by atoms with van der Waals surface area (Å²) in [5, 5.41) is 9.74. The highest BCUT2D eigenvalue weighted by atomic mass is 31.2. The largest absolute Gasteiger partial charge is 0.472 e. The van der Waals surface area contributed by atoms with E-state index in [9.17, 15) is 33.5 Å². The van der Waals surface area contributed by atoms with E-state index in [1.807, 2.05) is 48.6 Å². The summed E-state index contributed by atoms with van der Waals surface area (Å²) in [6, 6.07) is 0. The standard InChI is InChI=1S/C46H76O14P2/c1-3-5-7-8-9-10-11-12-13-14-15-16-19-22-25-28-32-36-45(49)56-40-44(41-59-62(54,55)58-39-43(48)38-57-61(51,52)53)60-46(50)37-33-29-26-23-20-17-18-21-24-27-31-35-42(47)34-30-6-4-2/h12-13,15-18,22-27,31,35,43-44,48H,3-11,14,19-21,28-30,32-34,36-41H2,1-2H3,(H,54,55)(H2,51,52,53)/b13-12-,16-15-,18-17-,25-22-,26-23-,27-24-,35-31+/t43-,44+/m0/s1. The topological polar surface area (TPSA) is 212 Å². The summed E-state index contributed by atoms with van der Waals surface area (Å²) in [5.74, 6) is -1.06. The summed E-state index contributed by atoms with van der Waals surface area (Å²) in [6.45, 7) is 1.44.